The number of hydrogen-bond donors (Lipinski definition) is 2. The second-order valence-corrected chi connectivity index (χ2v) is 10.6. The second-order valence-electron chi connectivity index (χ2n) is 7.96. The van der Waals surface area contributed by atoms with E-state index >= 15 is 0 Å². The van der Waals surface area contributed by atoms with E-state index in [1.807, 2.05) is 25.1 Å². The molecule has 3 aromatic rings. The van der Waals surface area contributed by atoms with E-state index in [2.05, 4.69) is 41.6 Å². The number of aryl methyl sites for hydroxylation is 1. The summed E-state index contributed by atoms with van der Waals surface area (Å²) in [4.78, 5) is 24.6. The Morgan fingerprint density at radius 2 is 1.77 bits per heavy atom. The second kappa shape index (κ2) is 9.80. The fourth-order valence-corrected chi connectivity index (χ4v) is 4.33. The molecule has 0 saturated heterocycles. The summed E-state index contributed by atoms with van der Waals surface area (Å²) >= 11 is 8.55. The zero-order valence-corrected chi connectivity index (χ0v) is 20.0. The number of benzene rings is 2. The summed E-state index contributed by atoms with van der Waals surface area (Å²) in [5.41, 5.74) is 3.32. The smallest absolute Gasteiger partial charge is 0.257 e. The van der Waals surface area contributed by atoms with Gasteiger partial charge in [-0.25, -0.2) is 0 Å². The van der Waals surface area contributed by atoms with Crippen LogP contribution in [0.15, 0.2) is 46.8 Å². The van der Waals surface area contributed by atoms with Gasteiger partial charge in [0.05, 0.1) is 5.75 Å². The molecule has 0 unspecified atom stereocenters. The molecule has 1 heterocycles. The highest BCUT2D eigenvalue weighted by Crippen LogP contribution is 2.27. The quantitative estimate of drug-likeness (QED) is 0.349. The van der Waals surface area contributed by atoms with Gasteiger partial charge in [-0.15, -0.1) is 10.2 Å². The highest BCUT2D eigenvalue weighted by atomic mass is 35.5. The van der Waals surface area contributed by atoms with E-state index in [0.717, 1.165) is 11.1 Å². The summed E-state index contributed by atoms with van der Waals surface area (Å²) in [6.45, 7) is 8.27. The van der Waals surface area contributed by atoms with Crippen LogP contribution in [0.3, 0.4) is 0 Å². The number of amides is 2. The predicted molar refractivity (Wildman–Crippen MR) is 129 cm³/mol. The lowest BCUT2D eigenvalue weighted by atomic mass is 9.87. The number of nitrogens with one attached hydrogen (secondary N) is 2. The van der Waals surface area contributed by atoms with Crippen LogP contribution in [0.4, 0.5) is 10.8 Å². The molecular weight excluding hydrogens is 452 g/mol. The fourth-order valence-electron chi connectivity index (χ4n) is 2.60. The standard InChI is InChI=1S/C22H23ClN4O2S2/c1-13-5-10-16(11-17(13)23)24-18(28)12-30-21-27-26-20(31-21)25-19(29)14-6-8-15(9-7-14)22(2,3)4/h5-11H,12H2,1-4H3,(H,24,28)(H,25,26,29). The fraction of sp³-hybridized carbons (Fsp3) is 0.273. The highest BCUT2D eigenvalue weighted by molar-refractivity contribution is 8.01. The van der Waals surface area contributed by atoms with E-state index in [1.54, 1.807) is 24.3 Å². The maximum Gasteiger partial charge on any atom is 0.257 e. The first kappa shape index (κ1) is 23.2. The molecule has 9 heteroatoms. The average molecular weight is 475 g/mol. The Morgan fingerprint density at radius 1 is 1.06 bits per heavy atom. The zero-order valence-electron chi connectivity index (χ0n) is 17.7. The summed E-state index contributed by atoms with van der Waals surface area (Å²) < 4.78 is 0.593. The van der Waals surface area contributed by atoms with E-state index in [1.165, 1.54) is 23.1 Å². The molecule has 0 fully saturated rings. The third-order valence-electron chi connectivity index (χ3n) is 4.42. The number of thioether (sulfide) groups is 1. The topological polar surface area (TPSA) is 84.0 Å². The molecule has 3 rings (SSSR count). The van der Waals surface area contributed by atoms with Gasteiger partial charge < -0.3 is 5.32 Å². The molecule has 1 aromatic heterocycles. The molecule has 0 aliphatic carbocycles. The minimum atomic E-state index is -0.248. The summed E-state index contributed by atoms with van der Waals surface area (Å²) in [5, 5.41) is 14.6. The van der Waals surface area contributed by atoms with Crippen LogP contribution in [0.2, 0.25) is 5.02 Å². The largest absolute Gasteiger partial charge is 0.325 e. The first-order valence-corrected chi connectivity index (χ1v) is 11.7. The van der Waals surface area contributed by atoms with Crippen molar-refractivity contribution in [2.24, 2.45) is 0 Å². The van der Waals surface area contributed by atoms with E-state index in [9.17, 15) is 9.59 Å². The van der Waals surface area contributed by atoms with Gasteiger partial charge in [-0.05, 0) is 47.7 Å². The van der Waals surface area contributed by atoms with E-state index in [0.29, 0.717) is 25.7 Å². The van der Waals surface area contributed by atoms with Crippen molar-refractivity contribution < 1.29 is 9.59 Å². The monoisotopic (exact) mass is 474 g/mol. The number of aromatic nitrogens is 2. The molecule has 162 valence electrons. The number of hydrogen-bond acceptors (Lipinski definition) is 6. The number of carbonyl (C=O) groups excluding carboxylic acids is 2. The van der Waals surface area contributed by atoms with Crippen molar-refractivity contribution in [2.45, 2.75) is 37.4 Å². The van der Waals surface area contributed by atoms with Crippen LogP contribution in [0, 0.1) is 6.92 Å². The molecule has 0 bridgehead atoms. The summed E-state index contributed by atoms with van der Waals surface area (Å²) in [7, 11) is 0. The minimum Gasteiger partial charge on any atom is -0.325 e. The van der Waals surface area contributed by atoms with Gasteiger partial charge in [-0.1, -0.05) is 73.7 Å². The summed E-state index contributed by atoms with van der Waals surface area (Å²) in [6, 6.07) is 12.9. The lowest BCUT2D eigenvalue weighted by Gasteiger charge is -2.18. The maximum absolute atomic E-state index is 12.5. The predicted octanol–water partition coefficient (Wildman–Crippen LogP) is 5.78. The number of rotatable bonds is 6. The van der Waals surface area contributed by atoms with Crippen molar-refractivity contribution in [3.8, 4) is 0 Å². The van der Waals surface area contributed by atoms with Gasteiger partial charge in [0.2, 0.25) is 11.0 Å². The lowest BCUT2D eigenvalue weighted by molar-refractivity contribution is -0.113. The molecule has 2 aromatic carbocycles. The van der Waals surface area contributed by atoms with Crippen LogP contribution in [-0.2, 0) is 10.2 Å². The average Bonchev–Trinajstić information content (AvgIpc) is 3.16. The number of nitrogens with zero attached hydrogens (tertiary/aromatic N) is 2. The zero-order chi connectivity index (χ0) is 22.6. The summed E-state index contributed by atoms with van der Waals surface area (Å²) in [5.74, 6) is -0.255. The van der Waals surface area contributed by atoms with Crippen molar-refractivity contribution in [1.29, 1.82) is 0 Å². The van der Waals surface area contributed by atoms with Gasteiger partial charge in [0, 0.05) is 16.3 Å². The Hall–Kier alpha value is -2.42. The van der Waals surface area contributed by atoms with E-state index in [-0.39, 0.29) is 23.0 Å². The Morgan fingerprint density at radius 3 is 2.42 bits per heavy atom. The third-order valence-corrected chi connectivity index (χ3v) is 6.80. The van der Waals surface area contributed by atoms with Crippen LogP contribution in [0.5, 0.6) is 0 Å². The Bertz CT molecular complexity index is 1090. The van der Waals surface area contributed by atoms with Crippen LogP contribution >= 0.6 is 34.7 Å². The van der Waals surface area contributed by atoms with Crippen molar-refractivity contribution in [2.75, 3.05) is 16.4 Å². The Labute approximate surface area is 194 Å². The summed E-state index contributed by atoms with van der Waals surface area (Å²) in [6.07, 6.45) is 0. The van der Waals surface area contributed by atoms with Crippen LogP contribution in [0.1, 0.15) is 42.3 Å². The Kier molecular flexibility index (Phi) is 7.35. The first-order valence-electron chi connectivity index (χ1n) is 9.56. The van der Waals surface area contributed by atoms with Gasteiger partial charge in [0.15, 0.2) is 4.34 Å². The molecule has 0 spiro atoms. The van der Waals surface area contributed by atoms with E-state index in [4.69, 9.17) is 11.6 Å². The van der Waals surface area contributed by atoms with Gasteiger partial charge in [0.25, 0.3) is 5.91 Å². The van der Waals surface area contributed by atoms with Gasteiger partial charge in [-0.2, -0.15) is 0 Å². The molecule has 0 saturated carbocycles. The van der Waals surface area contributed by atoms with Crippen LogP contribution in [0.25, 0.3) is 0 Å². The molecule has 0 radical (unpaired) electrons. The molecule has 2 N–H and O–H groups in total. The molecular formula is C22H23ClN4O2S2. The Balaban J connectivity index is 1.52. The van der Waals surface area contributed by atoms with Crippen molar-refractivity contribution in [3.63, 3.8) is 0 Å². The molecule has 0 atom stereocenters. The lowest BCUT2D eigenvalue weighted by Crippen LogP contribution is -2.14. The van der Waals surface area contributed by atoms with Crippen molar-refractivity contribution >= 4 is 57.3 Å². The molecule has 0 aliphatic heterocycles. The normalized spacial score (nSPS) is 11.3. The molecule has 31 heavy (non-hydrogen) atoms. The van der Waals surface area contributed by atoms with Gasteiger partial charge >= 0.3 is 0 Å². The van der Waals surface area contributed by atoms with Gasteiger partial charge in [-0.3, -0.25) is 14.9 Å². The van der Waals surface area contributed by atoms with Crippen molar-refractivity contribution in [1.82, 2.24) is 10.2 Å². The molecule has 0 aliphatic rings. The SMILES string of the molecule is Cc1ccc(NC(=O)CSc2nnc(NC(=O)c3ccc(C(C)(C)C)cc3)s2)cc1Cl. The number of anilines is 2. The van der Waals surface area contributed by atoms with Crippen LogP contribution < -0.4 is 10.6 Å². The molecule has 6 nitrogen and oxygen atoms in total. The number of halogens is 1. The van der Waals surface area contributed by atoms with Crippen molar-refractivity contribution in [3.05, 3.63) is 64.2 Å². The highest BCUT2D eigenvalue weighted by Gasteiger charge is 2.16. The first-order chi connectivity index (χ1) is 14.6. The van der Waals surface area contributed by atoms with Crippen LogP contribution in [-0.4, -0.2) is 27.8 Å². The van der Waals surface area contributed by atoms with Gasteiger partial charge in [0.1, 0.15) is 0 Å². The van der Waals surface area contributed by atoms with E-state index < -0.39 is 0 Å². The maximum atomic E-state index is 12.5. The molecule has 2 amide bonds. The minimum absolute atomic E-state index is 0.0262. The third kappa shape index (κ3) is 6.53. The number of carbonyl (C=O) groups is 2.